The molecule has 8 nitrogen and oxygen atoms in total. The molecule has 0 saturated heterocycles. The van der Waals surface area contributed by atoms with Crippen LogP contribution in [0.4, 0.5) is 5.69 Å². The fraction of sp³-hybridized carbons (Fsp3) is 0.161. The van der Waals surface area contributed by atoms with E-state index in [1.54, 1.807) is 73.7 Å². The van der Waals surface area contributed by atoms with Gasteiger partial charge in [-0.15, -0.1) is 0 Å². The Labute approximate surface area is 245 Å². The number of sulfonamides is 1. The van der Waals surface area contributed by atoms with Crippen LogP contribution in [-0.2, 0) is 21.4 Å². The zero-order valence-electron chi connectivity index (χ0n) is 22.7. The first-order valence-corrected chi connectivity index (χ1v) is 14.7. The topological polar surface area (TPSA) is 97.3 Å². The van der Waals surface area contributed by atoms with Crippen LogP contribution in [0, 0.1) is 6.92 Å². The number of aryl methyl sites for hydroxylation is 1. The van der Waals surface area contributed by atoms with Gasteiger partial charge in [0.1, 0.15) is 24.7 Å². The van der Waals surface area contributed by atoms with Crippen molar-refractivity contribution in [2.45, 2.75) is 25.3 Å². The maximum atomic E-state index is 13.7. The largest absolute Gasteiger partial charge is 0.492 e. The van der Waals surface area contributed by atoms with Gasteiger partial charge >= 0.3 is 0 Å². The predicted molar refractivity (Wildman–Crippen MR) is 161 cm³/mol. The number of nitrogens with zero attached hydrogens (tertiary/aromatic N) is 2. The maximum Gasteiger partial charge on any atom is 0.264 e. The highest BCUT2D eigenvalue weighted by Crippen LogP contribution is 2.32. The number of ether oxygens (including phenoxy) is 2. The Morgan fingerprint density at radius 2 is 1.68 bits per heavy atom. The van der Waals surface area contributed by atoms with E-state index >= 15 is 0 Å². The molecule has 0 aromatic heterocycles. The molecule has 0 atom stereocenters. The maximum absolute atomic E-state index is 13.7. The van der Waals surface area contributed by atoms with Crippen LogP contribution in [-0.4, -0.2) is 33.7 Å². The van der Waals surface area contributed by atoms with Gasteiger partial charge in [0, 0.05) is 5.02 Å². The van der Waals surface area contributed by atoms with Gasteiger partial charge in [-0.25, -0.2) is 13.8 Å². The normalized spacial score (nSPS) is 11.3. The second-order valence-electron chi connectivity index (χ2n) is 9.01. The third-order valence-corrected chi connectivity index (χ3v) is 7.92. The van der Waals surface area contributed by atoms with Gasteiger partial charge < -0.3 is 9.47 Å². The number of anilines is 1. The number of carbonyl (C=O) groups excluding carboxylic acids is 1. The van der Waals surface area contributed by atoms with Crippen LogP contribution in [0.1, 0.15) is 23.6 Å². The van der Waals surface area contributed by atoms with Crippen LogP contribution in [0.3, 0.4) is 0 Å². The van der Waals surface area contributed by atoms with Crippen LogP contribution in [0.15, 0.2) is 107 Å². The number of amides is 1. The molecular formula is C31H30ClN3O5S. The van der Waals surface area contributed by atoms with Gasteiger partial charge in [0.2, 0.25) is 0 Å². The zero-order valence-corrected chi connectivity index (χ0v) is 24.2. The number of rotatable bonds is 12. The van der Waals surface area contributed by atoms with Gasteiger partial charge in [0.25, 0.3) is 15.9 Å². The fourth-order valence-corrected chi connectivity index (χ4v) is 5.51. The molecule has 4 aromatic carbocycles. The second-order valence-corrected chi connectivity index (χ2v) is 11.3. The number of carbonyl (C=O) groups is 1. The summed E-state index contributed by atoms with van der Waals surface area (Å²) in [5.41, 5.74) is 5.26. The number of hydrazone groups is 1. The first kappa shape index (κ1) is 29.6. The van der Waals surface area contributed by atoms with Crippen molar-refractivity contribution in [2.24, 2.45) is 5.10 Å². The molecule has 0 heterocycles. The van der Waals surface area contributed by atoms with Crippen LogP contribution < -0.4 is 19.2 Å². The number of hydrogen-bond donors (Lipinski definition) is 1. The smallest absolute Gasteiger partial charge is 0.264 e. The SMILES string of the molecule is CCOc1ccccc1N(CC(=O)N/N=C\c1ccc(OCc2cccc(Cl)c2)cc1)S(=O)(=O)c1ccc(C)cc1. The highest BCUT2D eigenvalue weighted by Gasteiger charge is 2.29. The quantitative estimate of drug-likeness (QED) is 0.162. The van der Waals surface area contributed by atoms with Crippen molar-refractivity contribution in [1.82, 2.24) is 5.43 Å². The first-order valence-electron chi connectivity index (χ1n) is 12.9. The Kier molecular flexibility index (Phi) is 10.00. The molecule has 0 aliphatic heterocycles. The summed E-state index contributed by atoms with van der Waals surface area (Å²) in [6.07, 6.45) is 1.46. The minimum absolute atomic E-state index is 0.0587. The van der Waals surface area contributed by atoms with Crippen molar-refractivity contribution >= 4 is 39.4 Å². The van der Waals surface area contributed by atoms with Gasteiger partial charge in [0.15, 0.2) is 0 Å². The van der Waals surface area contributed by atoms with Gasteiger partial charge in [0.05, 0.1) is 23.4 Å². The Bertz CT molecular complexity index is 1610. The Morgan fingerprint density at radius 1 is 0.951 bits per heavy atom. The van der Waals surface area contributed by atoms with Gasteiger partial charge in [-0.2, -0.15) is 5.10 Å². The molecule has 0 bridgehead atoms. The van der Waals surface area contributed by atoms with Crippen LogP contribution >= 0.6 is 11.6 Å². The van der Waals surface area contributed by atoms with E-state index in [-0.39, 0.29) is 10.6 Å². The molecule has 4 aromatic rings. The summed E-state index contributed by atoms with van der Waals surface area (Å²) in [5.74, 6) is 0.389. The molecule has 41 heavy (non-hydrogen) atoms. The van der Waals surface area contributed by atoms with Gasteiger partial charge in [-0.3, -0.25) is 9.10 Å². The third-order valence-electron chi connectivity index (χ3n) is 5.91. The van der Waals surface area contributed by atoms with Crippen LogP contribution in [0.2, 0.25) is 5.02 Å². The van der Waals surface area contributed by atoms with E-state index < -0.39 is 22.5 Å². The molecule has 0 radical (unpaired) electrons. The lowest BCUT2D eigenvalue weighted by molar-refractivity contribution is -0.119. The highest BCUT2D eigenvalue weighted by molar-refractivity contribution is 7.92. The van der Waals surface area contributed by atoms with Crippen molar-refractivity contribution in [3.8, 4) is 11.5 Å². The summed E-state index contributed by atoms with van der Waals surface area (Å²) in [4.78, 5) is 13.0. The van der Waals surface area contributed by atoms with Crippen molar-refractivity contribution in [1.29, 1.82) is 0 Å². The molecule has 10 heteroatoms. The average Bonchev–Trinajstić information content (AvgIpc) is 2.96. The van der Waals surface area contributed by atoms with Gasteiger partial charge in [-0.05, 0) is 85.6 Å². The molecule has 0 aliphatic rings. The third kappa shape index (κ3) is 8.09. The zero-order chi connectivity index (χ0) is 29.2. The summed E-state index contributed by atoms with van der Waals surface area (Å²) in [6, 6.07) is 27.7. The molecule has 0 saturated carbocycles. The van der Waals surface area contributed by atoms with Crippen molar-refractivity contribution in [2.75, 3.05) is 17.5 Å². The standard InChI is InChI=1S/C31H30ClN3O5S/c1-3-39-30-10-5-4-9-29(30)35(41(37,38)28-17-11-23(2)12-18-28)21-31(36)34-33-20-24-13-15-27(16-14-24)40-22-25-7-6-8-26(32)19-25/h4-20H,3,21-22H2,1-2H3,(H,34,36)/b33-20-. The number of hydrogen-bond acceptors (Lipinski definition) is 6. The summed E-state index contributed by atoms with van der Waals surface area (Å²) < 4.78 is 39.8. The molecule has 1 amide bonds. The monoisotopic (exact) mass is 591 g/mol. The Morgan fingerprint density at radius 3 is 2.39 bits per heavy atom. The lowest BCUT2D eigenvalue weighted by Gasteiger charge is -2.25. The lowest BCUT2D eigenvalue weighted by Crippen LogP contribution is -2.39. The molecule has 0 fully saturated rings. The molecule has 212 valence electrons. The van der Waals surface area contributed by atoms with E-state index in [4.69, 9.17) is 21.1 Å². The number of benzene rings is 4. The van der Waals surface area contributed by atoms with Gasteiger partial charge in [-0.1, -0.05) is 53.6 Å². The van der Waals surface area contributed by atoms with Crippen molar-refractivity contribution in [3.05, 3.63) is 119 Å². The molecule has 0 aliphatic carbocycles. The lowest BCUT2D eigenvalue weighted by atomic mass is 10.2. The number of para-hydroxylation sites is 2. The summed E-state index contributed by atoms with van der Waals surface area (Å²) in [5, 5.41) is 4.66. The number of halogens is 1. The molecule has 4 rings (SSSR count). The highest BCUT2D eigenvalue weighted by atomic mass is 35.5. The first-order chi connectivity index (χ1) is 19.8. The van der Waals surface area contributed by atoms with E-state index in [0.717, 1.165) is 15.4 Å². The Hall–Kier alpha value is -4.34. The van der Waals surface area contributed by atoms with E-state index in [1.807, 2.05) is 25.1 Å². The molecule has 0 spiro atoms. The Balaban J connectivity index is 1.44. The summed E-state index contributed by atoms with van der Waals surface area (Å²) in [6.45, 7) is 3.86. The predicted octanol–water partition coefficient (Wildman–Crippen LogP) is 5.97. The summed E-state index contributed by atoms with van der Waals surface area (Å²) >= 11 is 6.01. The minimum Gasteiger partial charge on any atom is -0.492 e. The van der Waals surface area contributed by atoms with E-state index in [1.165, 1.54) is 18.3 Å². The molecule has 0 unspecified atom stereocenters. The van der Waals surface area contributed by atoms with Crippen LogP contribution in [0.5, 0.6) is 11.5 Å². The van der Waals surface area contributed by atoms with Crippen molar-refractivity contribution < 1.29 is 22.7 Å². The molecular weight excluding hydrogens is 562 g/mol. The number of nitrogens with one attached hydrogen (secondary N) is 1. The molecule has 1 N–H and O–H groups in total. The average molecular weight is 592 g/mol. The second kappa shape index (κ2) is 13.8. The van der Waals surface area contributed by atoms with Crippen LogP contribution in [0.25, 0.3) is 0 Å². The fourth-order valence-electron chi connectivity index (χ4n) is 3.87. The van der Waals surface area contributed by atoms with E-state index in [9.17, 15) is 13.2 Å². The minimum atomic E-state index is -4.10. The summed E-state index contributed by atoms with van der Waals surface area (Å²) in [7, 11) is -4.10. The van der Waals surface area contributed by atoms with E-state index in [2.05, 4.69) is 10.5 Å². The van der Waals surface area contributed by atoms with Crippen molar-refractivity contribution in [3.63, 3.8) is 0 Å². The van der Waals surface area contributed by atoms with E-state index in [0.29, 0.717) is 35.3 Å².